The Morgan fingerprint density at radius 1 is 0.962 bits per heavy atom. The van der Waals surface area contributed by atoms with Crippen molar-refractivity contribution in [2.24, 2.45) is 0 Å². The Morgan fingerprint density at radius 2 is 1.73 bits per heavy atom. The topological polar surface area (TPSA) is 30.7 Å². The number of nitrogens with zero attached hydrogens (tertiary/aromatic N) is 3. The van der Waals surface area contributed by atoms with Crippen molar-refractivity contribution in [3.8, 4) is 16.9 Å². The molecule has 0 amide bonds. The maximum Gasteiger partial charge on any atom is 0.0944 e. The van der Waals surface area contributed by atoms with Gasteiger partial charge in [0.15, 0.2) is 0 Å². The third-order valence-electron chi connectivity index (χ3n) is 5.41. The highest BCUT2D eigenvalue weighted by molar-refractivity contribution is 5.70. The number of allylic oxidation sites excluding steroid dienone is 1. The van der Waals surface area contributed by atoms with E-state index in [1.807, 2.05) is 10.9 Å². The molecule has 0 unspecified atom stereocenters. The van der Waals surface area contributed by atoms with Gasteiger partial charge in [0.05, 0.1) is 17.6 Å². The lowest BCUT2D eigenvalue weighted by molar-refractivity contribution is 0.802. The van der Waals surface area contributed by atoms with Crippen LogP contribution in [0.5, 0.6) is 0 Å². The molecule has 0 aliphatic heterocycles. The van der Waals surface area contributed by atoms with E-state index in [-0.39, 0.29) is 0 Å². The summed E-state index contributed by atoms with van der Waals surface area (Å²) in [5.74, 6) is 0. The summed E-state index contributed by atoms with van der Waals surface area (Å²) in [4.78, 5) is 0. The van der Waals surface area contributed by atoms with E-state index >= 15 is 0 Å². The largest absolute Gasteiger partial charge is 0.213 e. The highest BCUT2D eigenvalue weighted by Crippen LogP contribution is 2.29. The van der Waals surface area contributed by atoms with Crippen molar-refractivity contribution < 1.29 is 0 Å². The fourth-order valence-corrected chi connectivity index (χ4v) is 4.02. The van der Waals surface area contributed by atoms with E-state index in [0.717, 1.165) is 42.6 Å². The predicted octanol–water partition coefficient (Wildman–Crippen LogP) is 5.19. The second-order valence-corrected chi connectivity index (χ2v) is 6.85. The molecule has 2 aromatic carbocycles. The van der Waals surface area contributed by atoms with Gasteiger partial charge >= 0.3 is 0 Å². The molecule has 0 saturated carbocycles. The Morgan fingerprint density at radius 3 is 2.42 bits per heavy atom. The van der Waals surface area contributed by atoms with E-state index in [4.69, 9.17) is 0 Å². The highest BCUT2D eigenvalue weighted by atomic mass is 15.4. The SMILES string of the molecule is CCc1cc(-n2nncc2-c2ccc3c(c2)C=CC3)cc(CC)c1CC. The molecular formula is C23H25N3. The molecule has 0 bridgehead atoms. The summed E-state index contributed by atoms with van der Waals surface area (Å²) in [5.41, 5.74) is 10.3. The van der Waals surface area contributed by atoms with Crippen LogP contribution in [0.3, 0.4) is 0 Å². The van der Waals surface area contributed by atoms with Crippen molar-refractivity contribution in [2.75, 3.05) is 0 Å². The number of benzene rings is 2. The second kappa shape index (κ2) is 6.91. The summed E-state index contributed by atoms with van der Waals surface area (Å²) in [5, 5.41) is 8.63. The molecule has 1 aliphatic rings. The van der Waals surface area contributed by atoms with Gasteiger partial charge in [0, 0.05) is 5.56 Å². The Hall–Kier alpha value is -2.68. The van der Waals surface area contributed by atoms with Gasteiger partial charge in [0.25, 0.3) is 0 Å². The van der Waals surface area contributed by atoms with Crippen LogP contribution in [0, 0.1) is 0 Å². The lowest BCUT2D eigenvalue weighted by Crippen LogP contribution is -2.05. The van der Waals surface area contributed by atoms with E-state index in [0.29, 0.717) is 0 Å². The molecule has 3 aromatic rings. The maximum absolute atomic E-state index is 4.41. The Bertz CT molecular complexity index is 954. The lowest BCUT2D eigenvalue weighted by Gasteiger charge is -2.16. The van der Waals surface area contributed by atoms with Gasteiger partial charge in [-0.15, -0.1) is 5.10 Å². The Balaban J connectivity index is 1.84. The highest BCUT2D eigenvalue weighted by Gasteiger charge is 2.15. The van der Waals surface area contributed by atoms with Gasteiger partial charge in [-0.05, 0) is 71.7 Å². The monoisotopic (exact) mass is 343 g/mol. The quantitative estimate of drug-likeness (QED) is 0.638. The summed E-state index contributed by atoms with van der Waals surface area (Å²) in [7, 11) is 0. The van der Waals surface area contributed by atoms with Crippen molar-refractivity contribution in [3.05, 3.63) is 70.4 Å². The van der Waals surface area contributed by atoms with Crippen molar-refractivity contribution >= 4 is 6.08 Å². The molecule has 0 fully saturated rings. The van der Waals surface area contributed by atoms with E-state index in [2.05, 4.69) is 73.6 Å². The smallest absolute Gasteiger partial charge is 0.0944 e. The minimum absolute atomic E-state index is 1.03. The molecule has 0 spiro atoms. The number of aryl methyl sites for hydroxylation is 2. The molecule has 26 heavy (non-hydrogen) atoms. The molecular weight excluding hydrogens is 318 g/mol. The van der Waals surface area contributed by atoms with Crippen molar-refractivity contribution in [1.82, 2.24) is 15.0 Å². The molecule has 3 heteroatoms. The minimum Gasteiger partial charge on any atom is -0.213 e. The Kier molecular flexibility index (Phi) is 4.46. The fraction of sp³-hybridized carbons (Fsp3) is 0.304. The van der Waals surface area contributed by atoms with Gasteiger partial charge in [-0.2, -0.15) is 0 Å². The first-order chi connectivity index (χ1) is 12.7. The van der Waals surface area contributed by atoms with Gasteiger partial charge in [0.2, 0.25) is 0 Å². The van der Waals surface area contributed by atoms with Gasteiger partial charge < -0.3 is 0 Å². The Labute approximate surface area is 155 Å². The first kappa shape index (κ1) is 16.8. The summed E-state index contributed by atoms with van der Waals surface area (Å²) >= 11 is 0. The zero-order valence-corrected chi connectivity index (χ0v) is 15.8. The number of fused-ring (bicyclic) bond motifs is 1. The van der Waals surface area contributed by atoms with Crippen LogP contribution in [0.25, 0.3) is 23.0 Å². The van der Waals surface area contributed by atoms with Crippen LogP contribution in [0.4, 0.5) is 0 Å². The van der Waals surface area contributed by atoms with E-state index in [1.165, 1.54) is 27.8 Å². The summed E-state index contributed by atoms with van der Waals surface area (Å²) < 4.78 is 1.98. The van der Waals surface area contributed by atoms with Gasteiger partial charge in [0.1, 0.15) is 0 Å². The van der Waals surface area contributed by atoms with Crippen molar-refractivity contribution in [2.45, 2.75) is 46.5 Å². The molecule has 132 valence electrons. The number of aromatic nitrogens is 3. The average Bonchev–Trinajstić information content (AvgIpc) is 3.35. The van der Waals surface area contributed by atoms with Gasteiger partial charge in [-0.1, -0.05) is 50.3 Å². The summed E-state index contributed by atoms with van der Waals surface area (Å²) in [6, 6.07) is 11.2. The van der Waals surface area contributed by atoms with Crippen molar-refractivity contribution in [3.63, 3.8) is 0 Å². The number of hydrogen-bond donors (Lipinski definition) is 0. The maximum atomic E-state index is 4.41. The zero-order chi connectivity index (χ0) is 18.1. The molecule has 1 heterocycles. The van der Waals surface area contributed by atoms with E-state index in [1.54, 1.807) is 0 Å². The van der Waals surface area contributed by atoms with Crippen LogP contribution in [-0.4, -0.2) is 15.0 Å². The molecule has 1 aliphatic carbocycles. The van der Waals surface area contributed by atoms with Crippen LogP contribution in [0.15, 0.2) is 42.6 Å². The fourth-order valence-electron chi connectivity index (χ4n) is 4.02. The first-order valence-corrected chi connectivity index (χ1v) is 9.60. The zero-order valence-electron chi connectivity index (χ0n) is 15.8. The normalized spacial score (nSPS) is 12.6. The van der Waals surface area contributed by atoms with Crippen LogP contribution >= 0.6 is 0 Å². The van der Waals surface area contributed by atoms with Crippen LogP contribution in [0.2, 0.25) is 0 Å². The van der Waals surface area contributed by atoms with Gasteiger partial charge in [-0.25, -0.2) is 4.68 Å². The molecule has 0 radical (unpaired) electrons. The molecule has 0 N–H and O–H groups in total. The third kappa shape index (κ3) is 2.78. The average molecular weight is 343 g/mol. The van der Waals surface area contributed by atoms with Crippen LogP contribution < -0.4 is 0 Å². The van der Waals surface area contributed by atoms with Crippen LogP contribution in [-0.2, 0) is 25.7 Å². The number of hydrogen-bond acceptors (Lipinski definition) is 2. The third-order valence-corrected chi connectivity index (χ3v) is 5.41. The standard InChI is InChI=1S/C23H25N3/c1-4-16-13-21(14-17(5-2)22(16)6-3)26-23(15-24-25-26)20-11-10-18-8-7-9-19(18)12-20/h7,9-15H,4-6,8H2,1-3H3. The van der Waals surface area contributed by atoms with E-state index in [9.17, 15) is 0 Å². The van der Waals surface area contributed by atoms with Gasteiger partial charge in [-0.3, -0.25) is 0 Å². The second-order valence-electron chi connectivity index (χ2n) is 6.85. The summed E-state index contributed by atoms with van der Waals surface area (Å²) in [6.45, 7) is 6.70. The minimum atomic E-state index is 1.03. The van der Waals surface area contributed by atoms with Crippen molar-refractivity contribution in [1.29, 1.82) is 0 Å². The molecule has 0 atom stereocenters. The van der Waals surface area contributed by atoms with E-state index < -0.39 is 0 Å². The number of rotatable bonds is 5. The lowest BCUT2D eigenvalue weighted by atomic mass is 9.94. The van der Waals surface area contributed by atoms with Crippen LogP contribution in [0.1, 0.15) is 48.6 Å². The first-order valence-electron chi connectivity index (χ1n) is 9.60. The predicted molar refractivity (Wildman–Crippen MR) is 108 cm³/mol. The molecule has 4 rings (SSSR count). The molecule has 0 saturated heterocycles. The molecule has 3 nitrogen and oxygen atoms in total. The molecule has 1 aromatic heterocycles. The summed E-state index contributed by atoms with van der Waals surface area (Å²) in [6.07, 6.45) is 10.5.